The van der Waals surface area contributed by atoms with Crippen LogP contribution in [-0.4, -0.2) is 37.0 Å². The average Bonchev–Trinajstić information content (AvgIpc) is 2.54. The number of likely N-dealkylation sites (tertiary alicyclic amines) is 1. The quantitative estimate of drug-likeness (QED) is 0.875. The molecule has 1 fully saturated rings. The van der Waals surface area contributed by atoms with E-state index in [0.29, 0.717) is 12.3 Å². The minimum absolute atomic E-state index is 0.0983. The fraction of sp³-hybridized carbons (Fsp3) is 0.632. The van der Waals surface area contributed by atoms with Gasteiger partial charge in [0, 0.05) is 19.5 Å². The molecular formula is C19H30N2O. The molecule has 3 heteroatoms. The van der Waals surface area contributed by atoms with Gasteiger partial charge in [0.1, 0.15) is 0 Å². The van der Waals surface area contributed by atoms with E-state index in [1.54, 1.807) is 0 Å². The number of rotatable bonds is 6. The van der Waals surface area contributed by atoms with E-state index >= 15 is 0 Å². The minimum atomic E-state index is -0.0983. The van der Waals surface area contributed by atoms with Crippen LogP contribution < -0.4 is 5.32 Å². The van der Waals surface area contributed by atoms with E-state index in [9.17, 15) is 4.79 Å². The molecule has 1 aliphatic rings. The predicted octanol–water partition coefficient (Wildman–Crippen LogP) is 3.20. The van der Waals surface area contributed by atoms with Gasteiger partial charge in [-0.3, -0.25) is 4.79 Å². The lowest BCUT2D eigenvalue weighted by Gasteiger charge is -2.34. The van der Waals surface area contributed by atoms with E-state index in [1.165, 1.54) is 5.56 Å². The third-order valence-corrected chi connectivity index (χ3v) is 4.80. The molecule has 1 aromatic carbocycles. The van der Waals surface area contributed by atoms with Gasteiger partial charge in [-0.2, -0.15) is 0 Å². The molecule has 0 saturated carbocycles. The highest BCUT2D eigenvalue weighted by molar-refractivity contribution is 5.77. The maximum Gasteiger partial charge on any atom is 0.223 e. The number of carbonyl (C=O) groups is 1. The summed E-state index contributed by atoms with van der Waals surface area (Å²) in [6.07, 6.45) is 2.85. The van der Waals surface area contributed by atoms with Crippen LogP contribution in [0.25, 0.3) is 0 Å². The Balaban J connectivity index is 1.85. The lowest BCUT2D eigenvalue weighted by atomic mass is 9.81. The molecule has 0 atom stereocenters. The number of amides is 1. The molecule has 22 heavy (non-hydrogen) atoms. The van der Waals surface area contributed by atoms with E-state index in [4.69, 9.17) is 0 Å². The first-order valence-electron chi connectivity index (χ1n) is 8.57. The Kier molecular flexibility index (Phi) is 6.01. The van der Waals surface area contributed by atoms with Gasteiger partial charge in [0.2, 0.25) is 5.91 Å². The predicted molar refractivity (Wildman–Crippen MR) is 91.9 cm³/mol. The van der Waals surface area contributed by atoms with E-state index in [0.717, 1.165) is 44.9 Å². The molecule has 0 radical (unpaired) electrons. The summed E-state index contributed by atoms with van der Waals surface area (Å²) < 4.78 is 0. The Hall–Kier alpha value is -1.35. The van der Waals surface area contributed by atoms with Crippen LogP contribution in [0.15, 0.2) is 30.3 Å². The summed E-state index contributed by atoms with van der Waals surface area (Å²) in [4.78, 5) is 14.7. The van der Waals surface area contributed by atoms with Crippen molar-refractivity contribution in [3.05, 3.63) is 35.9 Å². The maximum atomic E-state index is 12.6. The zero-order valence-corrected chi connectivity index (χ0v) is 14.3. The van der Waals surface area contributed by atoms with Crippen LogP contribution in [0.1, 0.15) is 45.6 Å². The van der Waals surface area contributed by atoms with Crippen molar-refractivity contribution in [2.45, 2.75) is 45.4 Å². The Morgan fingerprint density at radius 1 is 1.23 bits per heavy atom. The number of hydrogen-bond acceptors (Lipinski definition) is 2. The Bertz CT molecular complexity index is 462. The van der Waals surface area contributed by atoms with Crippen LogP contribution in [0.4, 0.5) is 0 Å². The smallest absolute Gasteiger partial charge is 0.223 e. The first kappa shape index (κ1) is 17.0. The highest BCUT2D eigenvalue weighted by Crippen LogP contribution is 2.28. The molecular weight excluding hydrogens is 272 g/mol. The van der Waals surface area contributed by atoms with Gasteiger partial charge in [-0.25, -0.2) is 0 Å². The Labute approximate surface area is 135 Å². The van der Waals surface area contributed by atoms with Crippen molar-refractivity contribution in [3.63, 3.8) is 0 Å². The van der Waals surface area contributed by atoms with Crippen LogP contribution in [0.3, 0.4) is 0 Å². The molecule has 3 nitrogen and oxygen atoms in total. The van der Waals surface area contributed by atoms with Crippen LogP contribution in [0.5, 0.6) is 0 Å². The zero-order chi connectivity index (χ0) is 16.0. The monoisotopic (exact) mass is 302 g/mol. The summed E-state index contributed by atoms with van der Waals surface area (Å²) in [7, 11) is 0. The number of hydrogen-bond donors (Lipinski definition) is 1. The second kappa shape index (κ2) is 7.77. The van der Waals surface area contributed by atoms with E-state index < -0.39 is 0 Å². The molecule has 1 N–H and O–H groups in total. The molecule has 0 aromatic heterocycles. The molecule has 2 rings (SSSR count). The van der Waals surface area contributed by atoms with E-state index in [2.05, 4.69) is 43.1 Å². The Morgan fingerprint density at radius 2 is 1.86 bits per heavy atom. The van der Waals surface area contributed by atoms with E-state index in [-0.39, 0.29) is 5.41 Å². The molecule has 0 aliphatic carbocycles. The molecule has 122 valence electrons. The fourth-order valence-corrected chi connectivity index (χ4v) is 3.22. The first-order valence-corrected chi connectivity index (χ1v) is 8.57. The van der Waals surface area contributed by atoms with Crippen LogP contribution in [-0.2, 0) is 10.2 Å². The van der Waals surface area contributed by atoms with E-state index in [1.807, 2.05) is 18.2 Å². The molecule has 0 unspecified atom stereocenters. The number of carbonyl (C=O) groups excluding carboxylic acids is 1. The SMILES string of the molecule is CCNCC1CCN(C(=O)CC(C)(C)c2ccccc2)CC1. The van der Waals surface area contributed by atoms with Crippen molar-refractivity contribution in [1.82, 2.24) is 10.2 Å². The van der Waals surface area contributed by atoms with Crippen molar-refractivity contribution in [2.75, 3.05) is 26.2 Å². The van der Waals surface area contributed by atoms with Gasteiger partial charge in [-0.05, 0) is 42.8 Å². The van der Waals surface area contributed by atoms with Crippen molar-refractivity contribution >= 4 is 5.91 Å². The van der Waals surface area contributed by atoms with Crippen molar-refractivity contribution in [3.8, 4) is 0 Å². The third kappa shape index (κ3) is 4.57. The fourth-order valence-electron chi connectivity index (χ4n) is 3.22. The normalized spacial score (nSPS) is 16.8. The van der Waals surface area contributed by atoms with Gasteiger partial charge in [0.25, 0.3) is 0 Å². The number of nitrogens with one attached hydrogen (secondary N) is 1. The maximum absolute atomic E-state index is 12.6. The second-order valence-corrected chi connectivity index (χ2v) is 7.06. The molecule has 1 heterocycles. The molecule has 1 aliphatic heterocycles. The summed E-state index contributed by atoms with van der Waals surface area (Å²) in [5.41, 5.74) is 1.14. The van der Waals surface area contributed by atoms with Crippen molar-refractivity contribution in [2.24, 2.45) is 5.92 Å². The summed E-state index contributed by atoms with van der Waals surface area (Å²) in [5.74, 6) is 1.03. The zero-order valence-electron chi connectivity index (χ0n) is 14.3. The number of benzene rings is 1. The van der Waals surface area contributed by atoms with Gasteiger partial charge < -0.3 is 10.2 Å². The van der Waals surface area contributed by atoms with Gasteiger partial charge in [0.15, 0.2) is 0 Å². The Morgan fingerprint density at radius 3 is 2.45 bits per heavy atom. The van der Waals surface area contributed by atoms with Crippen molar-refractivity contribution in [1.29, 1.82) is 0 Å². The summed E-state index contributed by atoms with van der Waals surface area (Å²) in [6.45, 7) is 10.4. The van der Waals surface area contributed by atoms with Gasteiger partial charge >= 0.3 is 0 Å². The topological polar surface area (TPSA) is 32.3 Å². The lowest BCUT2D eigenvalue weighted by molar-refractivity contribution is -0.133. The summed E-state index contributed by atoms with van der Waals surface area (Å²) >= 11 is 0. The molecule has 0 bridgehead atoms. The first-order chi connectivity index (χ1) is 10.5. The summed E-state index contributed by atoms with van der Waals surface area (Å²) in [5, 5.41) is 3.42. The average molecular weight is 302 g/mol. The van der Waals surface area contributed by atoms with Crippen LogP contribution in [0, 0.1) is 5.92 Å². The molecule has 1 saturated heterocycles. The van der Waals surface area contributed by atoms with Crippen LogP contribution in [0.2, 0.25) is 0 Å². The second-order valence-electron chi connectivity index (χ2n) is 7.06. The number of nitrogens with zero attached hydrogens (tertiary/aromatic N) is 1. The molecule has 0 spiro atoms. The highest BCUT2D eigenvalue weighted by Gasteiger charge is 2.29. The van der Waals surface area contributed by atoms with Gasteiger partial charge in [0.05, 0.1) is 0 Å². The summed E-state index contributed by atoms with van der Waals surface area (Å²) in [6, 6.07) is 10.4. The molecule has 1 aromatic rings. The van der Waals surface area contributed by atoms with Gasteiger partial charge in [-0.15, -0.1) is 0 Å². The van der Waals surface area contributed by atoms with Crippen LogP contribution >= 0.6 is 0 Å². The largest absolute Gasteiger partial charge is 0.343 e. The number of piperidine rings is 1. The highest BCUT2D eigenvalue weighted by atomic mass is 16.2. The van der Waals surface area contributed by atoms with Gasteiger partial charge in [-0.1, -0.05) is 51.1 Å². The standard InChI is InChI=1S/C19H30N2O/c1-4-20-15-16-10-12-21(13-11-16)18(22)14-19(2,3)17-8-6-5-7-9-17/h5-9,16,20H,4,10-15H2,1-3H3. The lowest BCUT2D eigenvalue weighted by Crippen LogP contribution is -2.42. The third-order valence-electron chi connectivity index (χ3n) is 4.80. The molecule has 1 amide bonds. The van der Waals surface area contributed by atoms with Crippen molar-refractivity contribution < 1.29 is 4.79 Å². The minimum Gasteiger partial charge on any atom is -0.343 e.